The molecule has 0 saturated heterocycles. The Morgan fingerprint density at radius 1 is 1.53 bits per heavy atom. The average molecular weight is 215 g/mol. The van der Waals surface area contributed by atoms with Crippen LogP contribution in [0.25, 0.3) is 0 Å². The van der Waals surface area contributed by atoms with Crippen LogP contribution >= 0.6 is 0 Å². The third-order valence-corrected chi connectivity index (χ3v) is 1.69. The van der Waals surface area contributed by atoms with E-state index in [-0.39, 0.29) is 24.9 Å². The average Bonchev–Trinajstić information content (AvgIpc) is 2.00. The van der Waals surface area contributed by atoms with E-state index >= 15 is 0 Å². The molecule has 0 radical (unpaired) electrons. The zero-order valence-corrected chi connectivity index (χ0v) is 9.36. The van der Waals surface area contributed by atoms with Gasteiger partial charge in [-0.3, -0.25) is 14.9 Å². The SMILES string of the molecule is CCOC(=O)C[C@H](C=C(C)C)C[N+](=O)[O-]. The second-order valence-corrected chi connectivity index (χ2v) is 3.53. The summed E-state index contributed by atoms with van der Waals surface area (Å²) in [5.41, 5.74) is 0.964. The maximum absolute atomic E-state index is 11.1. The van der Waals surface area contributed by atoms with Crippen molar-refractivity contribution >= 4 is 5.97 Å². The quantitative estimate of drug-likeness (QED) is 0.293. The normalized spacial score (nSPS) is 11.7. The smallest absolute Gasteiger partial charge is 0.306 e. The number of esters is 1. The summed E-state index contributed by atoms with van der Waals surface area (Å²) in [5.74, 6) is -0.758. The van der Waals surface area contributed by atoms with E-state index in [1.807, 2.05) is 13.8 Å². The van der Waals surface area contributed by atoms with Crippen LogP contribution < -0.4 is 0 Å². The van der Waals surface area contributed by atoms with Crippen molar-refractivity contribution in [2.24, 2.45) is 5.92 Å². The molecule has 0 unspecified atom stereocenters. The molecular weight excluding hydrogens is 198 g/mol. The lowest BCUT2D eigenvalue weighted by molar-refractivity contribution is -0.485. The Hall–Kier alpha value is -1.39. The van der Waals surface area contributed by atoms with Crippen LogP contribution in [0.5, 0.6) is 0 Å². The minimum absolute atomic E-state index is 0.0694. The highest BCUT2D eigenvalue weighted by Gasteiger charge is 2.17. The first-order valence-electron chi connectivity index (χ1n) is 4.88. The van der Waals surface area contributed by atoms with E-state index in [9.17, 15) is 14.9 Å². The van der Waals surface area contributed by atoms with Crippen LogP contribution in [0.15, 0.2) is 11.6 Å². The first kappa shape index (κ1) is 13.6. The molecular formula is C10H17NO4. The molecule has 0 aromatic rings. The van der Waals surface area contributed by atoms with Crippen LogP contribution in [0, 0.1) is 16.0 Å². The zero-order valence-electron chi connectivity index (χ0n) is 9.36. The van der Waals surface area contributed by atoms with Crippen LogP contribution in [-0.4, -0.2) is 24.0 Å². The fourth-order valence-electron chi connectivity index (χ4n) is 1.27. The number of carbonyl (C=O) groups is 1. The van der Waals surface area contributed by atoms with Crippen molar-refractivity contribution in [2.75, 3.05) is 13.2 Å². The van der Waals surface area contributed by atoms with Gasteiger partial charge in [0.25, 0.3) is 0 Å². The monoisotopic (exact) mass is 215 g/mol. The summed E-state index contributed by atoms with van der Waals surface area (Å²) in [6.45, 7) is 5.47. The van der Waals surface area contributed by atoms with Crippen LogP contribution in [0.2, 0.25) is 0 Å². The van der Waals surface area contributed by atoms with Gasteiger partial charge in [-0.15, -0.1) is 0 Å². The number of carbonyl (C=O) groups excluding carboxylic acids is 1. The molecule has 0 spiro atoms. The largest absolute Gasteiger partial charge is 0.466 e. The Balaban J connectivity index is 4.30. The summed E-state index contributed by atoms with van der Waals surface area (Å²) in [4.78, 5) is 21.1. The van der Waals surface area contributed by atoms with Gasteiger partial charge in [0.05, 0.1) is 18.9 Å². The molecule has 1 atom stereocenters. The molecule has 0 fully saturated rings. The van der Waals surface area contributed by atoms with Gasteiger partial charge >= 0.3 is 5.97 Å². The molecule has 5 nitrogen and oxygen atoms in total. The number of rotatable bonds is 6. The zero-order chi connectivity index (χ0) is 11.8. The topological polar surface area (TPSA) is 69.4 Å². The van der Waals surface area contributed by atoms with Crippen molar-refractivity contribution < 1.29 is 14.5 Å². The highest BCUT2D eigenvalue weighted by molar-refractivity contribution is 5.69. The highest BCUT2D eigenvalue weighted by atomic mass is 16.6. The van der Waals surface area contributed by atoms with Crippen molar-refractivity contribution in [3.05, 3.63) is 21.8 Å². The summed E-state index contributed by atoms with van der Waals surface area (Å²) < 4.78 is 4.74. The van der Waals surface area contributed by atoms with E-state index in [4.69, 9.17) is 4.74 Å². The maximum atomic E-state index is 11.1. The Kier molecular flexibility index (Phi) is 6.33. The van der Waals surface area contributed by atoms with Crippen LogP contribution in [0.4, 0.5) is 0 Å². The molecule has 0 heterocycles. The minimum Gasteiger partial charge on any atom is -0.466 e. The van der Waals surface area contributed by atoms with Gasteiger partial charge in [0.1, 0.15) is 0 Å². The van der Waals surface area contributed by atoms with Crippen molar-refractivity contribution in [3.8, 4) is 0 Å². The molecule has 0 aliphatic heterocycles. The first-order chi connectivity index (χ1) is 6.95. The van der Waals surface area contributed by atoms with E-state index in [1.54, 1.807) is 13.0 Å². The second-order valence-electron chi connectivity index (χ2n) is 3.53. The van der Waals surface area contributed by atoms with Gasteiger partial charge in [-0.25, -0.2) is 0 Å². The number of ether oxygens (including phenoxy) is 1. The molecule has 0 bridgehead atoms. The predicted molar refractivity (Wildman–Crippen MR) is 56.0 cm³/mol. The van der Waals surface area contributed by atoms with Gasteiger partial charge in [-0.2, -0.15) is 0 Å². The Morgan fingerprint density at radius 3 is 2.53 bits per heavy atom. The molecule has 5 heteroatoms. The standard InChI is InChI=1S/C10H17NO4/c1-4-15-10(12)6-9(5-8(2)3)7-11(13)14/h5,9H,4,6-7H2,1-3H3/t9-/m0/s1. The molecule has 0 aromatic heterocycles. The van der Waals surface area contributed by atoms with Gasteiger partial charge in [0, 0.05) is 4.92 Å². The lowest BCUT2D eigenvalue weighted by Crippen LogP contribution is -2.18. The van der Waals surface area contributed by atoms with Crippen molar-refractivity contribution in [2.45, 2.75) is 27.2 Å². The Bertz CT molecular complexity index is 256. The van der Waals surface area contributed by atoms with E-state index < -0.39 is 4.92 Å². The van der Waals surface area contributed by atoms with Crippen molar-refractivity contribution in [1.82, 2.24) is 0 Å². The summed E-state index contributed by atoms with van der Waals surface area (Å²) in [6.07, 6.45) is 1.81. The van der Waals surface area contributed by atoms with Crippen molar-refractivity contribution in [3.63, 3.8) is 0 Å². The van der Waals surface area contributed by atoms with Crippen LogP contribution in [0.3, 0.4) is 0 Å². The Labute approximate surface area is 89.3 Å². The summed E-state index contributed by atoms with van der Waals surface area (Å²) in [6, 6.07) is 0. The van der Waals surface area contributed by atoms with Gasteiger partial charge in [-0.1, -0.05) is 11.6 Å². The van der Waals surface area contributed by atoms with Crippen LogP contribution in [0.1, 0.15) is 27.2 Å². The van der Waals surface area contributed by atoms with E-state index in [1.165, 1.54) is 0 Å². The van der Waals surface area contributed by atoms with Gasteiger partial charge < -0.3 is 4.74 Å². The summed E-state index contributed by atoms with van der Waals surface area (Å²) >= 11 is 0. The van der Waals surface area contributed by atoms with Gasteiger partial charge in [0.2, 0.25) is 6.54 Å². The molecule has 0 aliphatic carbocycles. The number of hydrogen-bond acceptors (Lipinski definition) is 4. The van der Waals surface area contributed by atoms with E-state index in [2.05, 4.69) is 0 Å². The number of nitro groups is 1. The molecule has 0 aromatic carbocycles. The third kappa shape index (κ3) is 7.66. The summed E-state index contributed by atoms with van der Waals surface area (Å²) in [7, 11) is 0. The van der Waals surface area contributed by atoms with Gasteiger partial charge in [0.15, 0.2) is 0 Å². The maximum Gasteiger partial charge on any atom is 0.306 e. The predicted octanol–water partition coefficient (Wildman–Crippen LogP) is 1.80. The third-order valence-electron chi connectivity index (χ3n) is 1.69. The molecule has 15 heavy (non-hydrogen) atoms. The van der Waals surface area contributed by atoms with Crippen LogP contribution in [-0.2, 0) is 9.53 Å². The van der Waals surface area contributed by atoms with E-state index in [0.29, 0.717) is 6.61 Å². The fourth-order valence-corrected chi connectivity index (χ4v) is 1.27. The molecule has 0 amide bonds. The minimum atomic E-state index is -0.413. The number of nitrogens with zero attached hydrogens (tertiary/aromatic N) is 1. The second kappa shape index (κ2) is 6.98. The molecule has 0 aliphatic rings. The first-order valence-corrected chi connectivity index (χ1v) is 4.88. The van der Waals surface area contributed by atoms with Crippen molar-refractivity contribution in [1.29, 1.82) is 0 Å². The highest BCUT2D eigenvalue weighted by Crippen LogP contribution is 2.10. The van der Waals surface area contributed by atoms with E-state index in [0.717, 1.165) is 5.57 Å². The lowest BCUT2D eigenvalue weighted by Gasteiger charge is -2.08. The molecule has 0 rings (SSSR count). The fraction of sp³-hybridized carbons (Fsp3) is 0.700. The molecule has 0 N–H and O–H groups in total. The molecule has 0 saturated carbocycles. The number of allylic oxidation sites excluding steroid dienone is 1. The molecule has 86 valence electrons. The van der Waals surface area contributed by atoms with Gasteiger partial charge in [-0.05, 0) is 20.8 Å². The number of hydrogen-bond donors (Lipinski definition) is 0. The lowest BCUT2D eigenvalue weighted by atomic mass is 10.0. The Morgan fingerprint density at radius 2 is 2.13 bits per heavy atom. The summed E-state index contributed by atoms with van der Waals surface area (Å²) in [5, 5.41) is 10.4.